The molecule has 0 fully saturated rings. The predicted molar refractivity (Wildman–Crippen MR) is 67.9 cm³/mol. The van der Waals surface area contributed by atoms with E-state index in [2.05, 4.69) is 36.4 Å². The number of fused-ring (bicyclic) bond motifs is 1. The summed E-state index contributed by atoms with van der Waals surface area (Å²) in [6.45, 7) is 1.98. The van der Waals surface area contributed by atoms with Crippen molar-refractivity contribution in [1.82, 2.24) is 0 Å². The Kier molecular flexibility index (Phi) is 3.29. The van der Waals surface area contributed by atoms with E-state index in [4.69, 9.17) is 5.73 Å². The molecule has 1 aliphatic rings. The molecule has 1 aromatic rings. The van der Waals surface area contributed by atoms with Crippen LogP contribution < -0.4 is 5.73 Å². The van der Waals surface area contributed by atoms with Gasteiger partial charge in [0.1, 0.15) is 0 Å². The maximum absolute atomic E-state index is 5.65. The SMILES string of the molecule is CC(N)/C=C\C=C1/CSc2ccccc21. The van der Waals surface area contributed by atoms with Crippen LogP contribution in [0.3, 0.4) is 0 Å². The second-order valence-corrected chi connectivity index (χ2v) is 4.74. The standard InChI is InChI=1S/C13H15NS/c1-10(14)5-4-6-11-9-15-13-8-3-2-7-12(11)13/h2-8,10H,9,14H2,1H3/b5-4-,11-6+. The molecular formula is C13H15NS. The summed E-state index contributed by atoms with van der Waals surface area (Å²) in [6, 6.07) is 8.67. The van der Waals surface area contributed by atoms with Crippen molar-refractivity contribution in [2.45, 2.75) is 17.9 Å². The third-order valence-electron chi connectivity index (χ3n) is 2.33. The lowest BCUT2D eigenvalue weighted by Gasteiger charge is -1.97. The van der Waals surface area contributed by atoms with Gasteiger partial charge in [0.15, 0.2) is 0 Å². The molecule has 1 atom stereocenters. The zero-order valence-electron chi connectivity index (χ0n) is 8.81. The molecular weight excluding hydrogens is 202 g/mol. The summed E-state index contributed by atoms with van der Waals surface area (Å²) in [5.74, 6) is 1.07. The van der Waals surface area contributed by atoms with Gasteiger partial charge in [0.2, 0.25) is 0 Å². The van der Waals surface area contributed by atoms with E-state index in [1.165, 1.54) is 16.0 Å². The van der Waals surface area contributed by atoms with E-state index in [-0.39, 0.29) is 6.04 Å². The lowest BCUT2D eigenvalue weighted by molar-refractivity contribution is 0.926. The van der Waals surface area contributed by atoms with Crippen LogP contribution in [0.1, 0.15) is 12.5 Å². The first-order valence-corrected chi connectivity index (χ1v) is 6.11. The van der Waals surface area contributed by atoms with Crippen LogP contribution in [-0.2, 0) is 0 Å². The summed E-state index contributed by atoms with van der Waals surface area (Å²) < 4.78 is 0. The Morgan fingerprint density at radius 2 is 2.20 bits per heavy atom. The number of allylic oxidation sites excluding steroid dienone is 2. The van der Waals surface area contributed by atoms with Gasteiger partial charge in [-0.05, 0) is 24.1 Å². The van der Waals surface area contributed by atoms with Crippen molar-refractivity contribution in [1.29, 1.82) is 0 Å². The van der Waals surface area contributed by atoms with Gasteiger partial charge in [0.25, 0.3) is 0 Å². The van der Waals surface area contributed by atoms with Crippen molar-refractivity contribution in [3.63, 3.8) is 0 Å². The van der Waals surface area contributed by atoms with Gasteiger partial charge in [0.05, 0.1) is 0 Å². The van der Waals surface area contributed by atoms with Crippen molar-refractivity contribution < 1.29 is 0 Å². The highest BCUT2D eigenvalue weighted by Crippen LogP contribution is 2.38. The quantitative estimate of drug-likeness (QED) is 0.824. The van der Waals surface area contributed by atoms with Gasteiger partial charge in [-0.1, -0.05) is 36.4 Å². The zero-order chi connectivity index (χ0) is 10.7. The molecule has 0 aromatic heterocycles. The average Bonchev–Trinajstić information content (AvgIpc) is 2.62. The molecule has 0 bridgehead atoms. The molecule has 0 aliphatic carbocycles. The largest absolute Gasteiger partial charge is 0.325 e. The van der Waals surface area contributed by atoms with Crippen LogP contribution in [0, 0.1) is 0 Å². The van der Waals surface area contributed by atoms with Gasteiger partial charge in [-0.3, -0.25) is 0 Å². The first-order chi connectivity index (χ1) is 7.27. The summed E-state index contributed by atoms with van der Waals surface area (Å²) in [4.78, 5) is 1.39. The molecule has 78 valence electrons. The predicted octanol–water partition coefficient (Wildman–Crippen LogP) is 3.08. The molecule has 15 heavy (non-hydrogen) atoms. The lowest BCUT2D eigenvalue weighted by Crippen LogP contribution is -2.09. The summed E-state index contributed by atoms with van der Waals surface area (Å²) >= 11 is 1.90. The van der Waals surface area contributed by atoms with Gasteiger partial charge >= 0.3 is 0 Å². The fraction of sp³-hybridized carbons (Fsp3) is 0.231. The van der Waals surface area contributed by atoms with Gasteiger partial charge in [-0.15, -0.1) is 11.8 Å². The molecule has 1 nitrogen and oxygen atoms in total. The Morgan fingerprint density at radius 3 is 3.00 bits per heavy atom. The first-order valence-electron chi connectivity index (χ1n) is 5.12. The van der Waals surface area contributed by atoms with E-state index in [1.54, 1.807) is 0 Å². The highest BCUT2D eigenvalue weighted by atomic mass is 32.2. The van der Waals surface area contributed by atoms with Crippen molar-refractivity contribution in [3.05, 3.63) is 48.1 Å². The molecule has 2 heteroatoms. The second-order valence-electron chi connectivity index (χ2n) is 3.72. The van der Waals surface area contributed by atoms with Crippen molar-refractivity contribution in [2.24, 2.45) is 5.73 Å². The third kappa shape index (κ3) is 2.52. The number of rotatable bonds is 2. The summed E-state index contributed by atoms with van der Waals surface area (Å²) in [5, 5.41) is 0. The second kappa shape index (κ2) is 4.69. The van der Waals surface area contributed by atoms with Crippen LogP contribution in [0.4, 0.5) is 0 Å². The van der Waals surface area contributed by atoms with Gasteiger partial charge in [-0.2, -0.15) is 0 Å². The van der Waals surface area contributed by atoms with Crippen molar-refractivity contribution >= 4 is 17.3 Å². The number of nitrogens with two attached hydrogens (primary N) is 1. The Labute approximate surface area is 95.1 Å². The average molecular weight is 217 g/mol. The van der Waals surface area contributed by atoms with Crippen LogP contribution in [0.25, 0.3) is 5.57 Å². The van der Waals surface area contributed by atoms with Gasteiger partial charge in [0, 0.05) is 16.7 Å². The molecule has 0 amide bonds. The lowest BCUT2D eigenvalue weighted by atomic mass is 10.1. The number of hydrogen-bond acceptors (Lipinski definition) is 2. The molecule has 2 N–H and O–H groups in total. The Morgan fingerprint density at radius 1 is 1.40 bits per heavy atom. The molecule has 0 saturated carbocycles. The minimum atomic E-state index is 0.131. The zero-order valence-corrected chi connectivity index (χ0v) is 9.63. The van der Waals surface area contributed by atoms with Crippen molar-refractivity contribution in [3.8, 4) is 0 Å². The van der Waals surface area contributed by atoms with E-state index in [9.17, 15) is 0 Å². The minimum Gasteiger partial charge on any atom is -0.325 e. The number of hydrogen-bond donors (Lipinski definition) is 1. The maximum atomic E-state index is 5.65. The fourth-order valence-corrected chi connectivity index (χ4v) is 2.67. The Hall–Kier alpha value is -0.990. The molecule has 1 heterocycles. The summed E-state index contributed by atoms with van der Waals surface area (Å²) in [6.07, 6.45) is 6.24. The first kappa shape index (κ1) is 10.5. The maximum Gasteiger partial charge on any atom is 0.0238 e. The van der Waals surface area contributed by atoms with E-state index >= 15 is 0 Å². The minimum absolute atomic E-state index is 0.131. The Bertz CT molecular complexity index is 405. The summed E-state index contributed by atoms with van der Waals surface area (Å²) in [7, 11) is 0. The van der Waals surface area contributed by atoms with Crippen LogP contribution >= 0.6 is 11.8 Å². The van der Waals surface area contributed by atoms with E-state index in [0.717, 1.165) is 5.75 Å². The Balaban J connectivity index is 2.20. The normalized spacial score (nSPS) is 19.7. The van der Waals surface area contributed by atoms with Crippen LogP contribution in [0.5, 0.6) is 0 Å². The van der Waals surface area contributed by atoms with E-state index < -0.39 is 0 Å². The fourth-order valence-electron chi connectivity index (χ4n) is 1.58. The summed E-state index contributed by atoms with van der Waals surface area (Å²) in [5.41, 5.74) is 8.42. The molecule has 0 saturated heterocycles. The smallest absolute Gasteiger partial charge is 0.0238 e. The van der Waals surface area contributed by atoms with Crippen LogP contribution in [-0.4, -0.2) is 11.8 Å². The van der Waals surface area contributed by atoms with Crippen LogP contribution in [0.2, 0.25) is 0 Å². The van der Waals surface area contributed by atoms with Gasteiger partial charge in [-0.25, -0.2) is 0 Å². The number of thioether (sulfide) groups is 1. The third-order valence-corrected chi connectivity index (χ3v) is 3.45. The number of benzene rings is 1. The molecule has 1 aliphatic heterocycles. The molecule has 0 spiro atoms. The van der Waals surface area contributed by atoms with E-state index in [1.807, 2.05) is 24.8 Å². The molecule has 1 aromatic carbocycles. The molecule has 2 rings (SSSR count). The van der Waals surface area contributed by atoms with Crippen LogP contribution in [0.15, 0.2) is 47.4 Å². The van der Waals surface area contributed by atoms with Gasteiger partial charge < -0.3 is 5.73 Å². The molecule has 0 radical (unpaired) electrons. The topological polar surface area (TPSA) is 26.0 Å². The monoisotopic (exact) mass is 217 g/mol. The highest BCUT2D eigenvalue weighted by molar-refractivity contribution is 8.00. The molecule has 1 unspecified atom stereocenters. The van der Waals surface area contributed by atoms with Crippen molar-refractivity contribution in [2.75, 3.05) is 5.75 Å². The highest BCUT2D eigenvalue weighted by Gasteiger charge is 2.14. The van der Waals surface area contributed by atoms with E-state index in [0.29, 0.717) is 0 Å².